The molecule has 1 aromatic carbocycles. The third-order valence-electron chi connectivity index (χ3n) is 3.12. The number of rotatable bonds is 1. The van der Waals surface area contributed by atoms with Gasteiger partial charge in [0.15, 0.2) is 5.76 Å². The fourth-order valence-electron chi connectivity index (χ4n) is 2.22. The number of aromatic amines is 1. The molecule has 3 aromatic heterocycles. The number of aromatic nitrogens is 4. The number of nitrogens with zero attached hydrogens (tertiary/aromatic N) is 3. The Morgan fingerprint density at radius 1 is 1.20 bits per heavy atom. The van der Waals surface area contributed by atoms with Gasteiger partial charge in [-0.15, -0.1) is 0 Å². The highest BCUT2D eigenvalue weighted by molar-refractivity contribution is 5.82. The number of para-hydroxylation sites is 1. The van der Waals surface area contributed by atoms with Crippen LogP contribution in [0.25, 0.3) is 28.2 Å². The molecule has 0 aliphatic carbocycles. The molecule has 0 unspecified atom stereocenters. The van der Waals surface area contributed by atoms with Gasteiger partial charge in [0.2, 0.25) is 0 Å². The van der Waals surface area contributed by atoms with Gasteiger partial charge in [0.1, 0.15) is 17.1 Å². The molecule has 1 N–H and O–H groups in total. The third-order valence-corrected chi connectivity index (χ3v) is 3.12. The number of nitrogens with one attached hydrogen (secondary N) is 1. The van der Waals surface area contributed by atoms with Gasteiger partial charge >= 0.3 is 0 Å². The summed E-state index contributed by atoms with van der Waals surface area (Å²) in [4.78, 5) is 20.5. The van der Waals surface area contributed by atoms with Crippen LogP contribution in [0.15, 0.2) is 45.6 Å². The van der Waals surface area contributed by atoms with Crippen LogP contribution in [-0.4, -0.2) is 19.6 Å². The Morgan fingerprint density at radius 3 is 2.90 bits per heavy atom. The van der Waals surface area contributed by atoms with E-state index in [0.29, 0.717) is 23.1 Å². The van der Waals surface area contributed by atoms with E-state index in [1.165, 1.54) is 10.6 Å². The Morgan fingerprint density at radius 2 is 2.05 bits per heavy atom. The minimum Gasteiger partial charge on any atom is -0.454 e. The molecular weight excluding hydrogens is 256 g/mol. The van der Waals surface area contributed by atoms with Gasteiger partial charge in [0, 0.05) is 11.5 Å². The van der Waals surface area contributed by atoms with E-state index < -0.39 is 0 Å². The number of fused-ring (bicyclic) bond motifs is 2. The second-order valence-electron chi connectivity index (χ2n) is 4.57. The quantitative estimate of drug-likeness (QED) is 0.572. The van der Waals surface area contributed by atoms with Crippen LogP contribution < -0.4 is 5.56 Å². The van der Waals surface area contributed by atoms with Crippen LogP contribution in [0.3, 0.4) is 0 Å². The van der Waals surface area contributed by atoms with Crippen molar-refractivity contribution in [2.45, 2.75) is 6.92 Å². The summed E-state index contributed by atoms with van der Waals surface area (Å²) in [6.07, 6.45) is 0. The highest BCUT2D eigenvalue weighted by Gasteiger charge is 2.11. The number of hydrogen-bond acceptors (Lipinski definition) is 4. The van der Waals surface area contributed by atoms with Crippen LogP contribution in [-0.2, 0) is 0 Å². The van der Waals surface area contributed by atoms with E-state index in [2.05, 4.69) is 15.1 Å². The Labute approximate surface area is 112 Å². The molecule has 0 bridgehead atoms. The van der Waals surface area contributed by atoms with Gasteiger partial charge in [-0.1, -0.05) is 18.2 Å². The lowest BCUT2D eigenvalue weighted by atomic mass is 10.2. The largest absolute Gasteiger partial charge is 0.454 e. The number of aryl methyl sites for hydroxylation is 1. The summed E-state index contributed by atoms with van der Waals surface area (Å²) in [5.74, 6) is 1.54. The zero-order valence-corrected chi connectivity index (χ0v) is 10.6. The zero-order valence-electron chi connectivity index (χ0n) is 10.6. The van der Waals surface area contributed by atoms with Gasteiger partial charge in [-0.05, 0) is 19.1 Å². The molecule has 3 heterocycles. The van der Waals surface area contributed by atoms with Crippen molar-refractivity contribution in [3.63, 3.8) is 0 Å². The first-order valence-corrected chi connectivity index (χ1v) is 6.16. The third kappa shape index (κ3) is 1.55. The predicted octanol–water partition coefficient (Wildman–Crippen LogP) is 2.14. The van der Waals surface area contributed by atoms with Gasteiger partial charge in [-0.25, -0.2) is 4.98 Å². The number of H-pyrrole nitrogens is 1. The highest BCUT2D eigenvalue weighted by atomic mass is 16.3. The first kappa shape index (κ1) is 11.0. The fraction of sp³-hybridized carbons (Fsp3) is 0.0714. The van der Waals surface area contributed by atoms with Crippen molar-refractivity contribution in [1.82, 2.24) is 19.6 Å². The van der Waals surface area contributed by atoms with Crippen LogP contribution in [0.4, 0.5) is 0 Å². The number of furan rings is 1. The monoisotopic (exact) mass is 266 g/mol. The molecule has 0 saturated heterocycles. The van der Waals surface area contributed by atoms with Crippen molar-refractivity contribution in [3.8, 4) is 11.5 Å². The summed E-state index contributed by atoms with van der Waals surface area (Å²) in [5, 5.41) is 3.81. The Hall–Kier alpha value is -2.89. The zero-order chi connectivity index (χ0) is 13.7. The second-order valence-corrected chi connectivity index (χ2v) is 4.57. The minimum absolute atomic E-state index is 0.217. The highest BCUT2D eigenvalue weighted by Crippen LogP contribution is 2.25. The van der Waals surface area contributed by atoms with E-state index in [1.807, 2.05) is 30.3 Å². The van der Waals surface area contributed by atoms with Gasteiger partial charge < -0.3 is 4.42 Å². The lowest BCUT2D eigenvalue weighted by molar-refractivity contribution is 0.628. The average molecular weight is 266 g/mol. The van der Waals surface area contributed by atoms with E-state index in [4.69, 9.17) is 4.42 Å². The molecule has 0 spiro atoms. The molecule has 6 nitrogen and oxygen atoms in total. The van der Waals surface area contributed by atoms with Gasteiger partial charge in [-0.2, -0.15) is 9.50 Å². The standard InChI is InChI=1S/C14H10N4O2/c1-8-15-14-16-10(7-13(19)18(14)17-8)12-6-9-4-2-3-5-11(9)20-12/h2-7H,1H3,(H,15,16,17). The fourth-order valence-corrected chi connectivity index (χ4v) is 2.22. The molecule has 98 valence electrons. The van der Waals surface area contributed by atoms with Crippen molar-refractivity contribution >= 4 is 16.7 Å². The Kier molecular flexibility index (Phi) is 2.09. The molecule has 0 amide bonds. The summed E-state index contributed by atoms with van der Waals surface area (Å²) in [5.41, 5.74) is 1.03. The molecule has 0 radical (unpaired) electrons. The van der Waals surface area contributed by atoms with Crippen LogP contribution in [0, 0.1) is 6.92 Å². The van der Waals surface area contributed by atoms with Crippen molar-refractivity contribution in [2.24, 2.45) is 0 Å². The summed E-state index contributed by atoms with van der Waals surface area (Å²) >= 11 is 0. The summed E-state index contributed by atoms with van der Waals surface area (Å²) in [6.45, 7) is 1.77. The van der Waals surface area contributed by atoms with Crippen molar-refractivity contribution in [1.29, 1.82) is 0 Å². The van der Waals surface area contributed by atoms with Crippen LogP contribution in [0.5, 0.6) is 0 Å². The summed E-state index contributed by atoms with van der Waals surface area (Å²) in [7, 11) is 0. The minimum atomic E-state index is -0.217. The average Bonchev–Trinajstić information content (AvgIpc) is 3.01. The molecule has 0 saturated carbocycles. The number of benzene rings is 1. The molecule has 4 aromatic rings. The second kappa shape index (κ2) is 3.80. The maximum Gasteiger partial charge on any atom is 0.274 e. The Bertz CT molecular complexity index is 960. The molecule has 20 heavy (non-hydrogen) atoms. The van der Waals surface area contributed by atoms with Crippen molar-refractivity contribution < 1.29 is 4.42 Å². The van der Waals surface area contributed by atoms with Crippen LogP contribution in [0.1, 0.15) is 5.82 Å². The maximum absolute atomic E-state index is 12.0. The van der Waals surface area contributed by atoms with E-state index in [-0.39, 0.29) is 5.56 Å². The van der Waals surface area contributed by atoms with Gasteiger partial charge in [-0.3, -0.25) is 9.89 Å². The van der Waals surface area contributed by atoms with E-state index in [0.717, 1.165) is 11.0 Å². The van der Waals surface area contributed by atoms with Crippen molar-refractivity contribution in [3.05, 3.63) is 52.6 Å². The number of hydrogen-bond donors (Lipinski definition) is 1. The van der Waals surface area contributed by atoms with Crippen LogP contribution in [0.2, 0.25) is 0 Å². The normalized spacial score (nSPS) is 11.4. The summed E-state index contributed by atoms with van der Waals surface area (Å²) < 4.78 is 7.02. The summed E-state index contributed by atoms with van der Waals surface area (Å²) in [6, 6.07) is 11.0. The Balaban J connectivity index is 1.99. The van der Waals surface area contributed by atoms with E-state index >= 15 is 0 Å². The van der Waals surface area contributed by atoms with E-state index in [1.54, 1.807) is 6.92 Å². The lowest BCUT2D eigenvalue weighted by Crippen LogP contribution is -2.14. The topological polar surface area (TPSA) is 76.2 Å². The van der Waals surface area contributed by atoms with Crippen molar-refractivity contribution in [2.75, 3.05) is 0 Å². The molecule has 0 aliphatic heterocycles. The lowest BCUT2D eigenvalue weighted by Gasteiger charge is -1.95. The SMILES string of the molecule is Cc1nc2nc(-c3cc4ccccc4o3)cc(=O)n2[nH]1. The molecule has 0 fully saturated rings. The molecule has 0 atom stereocenters. The molecular formula is C14H10N4O2. The van der Waals surface area contributed by atoms with Gasteiger partial charge in [0.05, 0.1) is 0 Å². The predicted molar refractivity (Wildman–Crippen MR) is 73.6 cm³/mol. The molecule has 4 rings (SSSR count). The van der Waals surface area contributed by atoms with Crippen LogP contribution >= 0.6 is 0 Å². The molecule has 0 aliphatic rings. The maximum atomic E-state index is 12.0. The smallest absolute Gasteiger partial charge is 0.274 e. The first-order chi connectivity index (χ1) is 9.70. The van der Waals surface area contributed by atoms with E-state index in [9.17, 15) is 4.79 Å². The first-order valence-electron chi connectivity index (χ1n) is 6.16. The van der Waals surface area contributed by atoms with Gasteiger partial charge in [0.25, 0.3) is 11.3 Å². The molecule has 6 heteroatoms.